The first-order valence-electron chi connectivity index (χ1n) is 33.5. The normalized spacial score (nSPS) is 11.4. The van der Waals surface area contributed by atoms with Gasteiger partial charge in [0.1, 0.15) is 12.2 Å². The molecule has 1 aliphatic heterocycles. The van der Waals surface area contributed by atoms with E-state index in [0.29, 0.717) is 59.2 Å². The third kappa shape index (κ3) is 43.1. The molecule has 1 fully saturated rings. The Labute approximate surface area is 590 Å². The molecule has 1 saturated heterocycles. The standard InChI is InChI=1S/3C8H11N.C8H16O.3C7H10N2.4C6H9NS/c1-7(2)8-3-5-9-6-4-8;1-7(2)8-4-3-5-9-6-8;1-7(2)8-5-3-4-6-9-8;1-7(2)8-3-5-9-6-4-8;1-6(2)7-5-8-3-4-9-7;1-6(2)7-3-4-8-5-9-7;1-6(2)7-8-4-3-5-9-7;1-5(2)6-3-8-4-7-6;1-5(2)6-3-7-4-8-6;1-5(2)6-7-3-4-8-6;1-5(2)6-3-4-7-8-6/h3*3-7H,1-2H3;7-8H,3-6H2,1-2H3;3*3-6H,1-2H3;4*3-5H,1-2H3. The highest BCUT2D eigenvalue weighted by Gasteiger charge is 2.16. The zero-order valence-corrected chi connectivity index (χ0v) is 64.6. The smallest absolute Gasteiger partial charge is 0.130 e. The maximum atomic E-state index is 5.25. The summed E-state index contributed by atoms with van der Waals surface area (Å²) < 4.78 is 9.23. The van der Waals surface area contributed by atoms with Gasteiger partial charge in [-0.25, -0.2) is 34.3 Å². The lowest BCUT2D eigenvalue weighted by molar-refractivity contribution is 0.0523. The molecule has 11 rings (SSSR count). The molecular weight excluding hydrogens is 1250 g/mol. The van der Waals surface area contributed by atoms with Crippen molar-refractivity contribution in [2.24, 2.45) is 11.8 Å². The maximum Gasteiger partial charge on any atom is 0.130 e. The number of hydrogen-bond acceptors (Lipinski definition) is 18. The minimum absolute atomic E-state index is 0.436. The molecule has 0 saturated carbocycles. The summed E-state index contributed by atoms with van der Waals surface area (Å²) in [5.74, 6) is 8.35. The van der Waals surface area contributed by atoms with Crippen LogP contribution >= 0.6 is 45.5 Å². The number of rotatable bonds is 11. The number of pyridine rings is 3. The highest BCUT2D eigenvalue weighted by atomic mass is 32.1. The predicted molar refractivity (Wildman–Crippen MR) is 407 cm³/mol. The first-order chi connectivity index (χ1) is 45.3. The number of hydrogen-bond donors (Lipinski definition) is 0. The molecule has 10 aromatic rings. The molecule has 0 radical (unpaired) electrons. The minimum atomic E-state index is 0.436. The van der Waals surface area contributed by atoms with Crippen LogP contribution < -0.4 is 0 Å². The van der Waals surface area contributed by atoms with Crippen molar-refractivity contribution < 1.29 is 4.74 Å². The van der Waals surface area contributed by atoms with E-state index in [9.17, 15) is 0 Å². The van der Waals surface area contributed by atoms with Gasteiger partial charge in [-0.3, -0.25) is 29.9 Å². The number of aromatic nitrogens is 13. The Balaban J connectivity index is 0.000000523. The maximum absolute atomic E-state index is 5.25. The van der Waals surface area contributed by atoms with Gasteiger partial charge < -0.3 is 4.74 Å². The van der Waals surface area contributed by atoms with E-state index < -0.39 is 0 Å². The summed E-state index contributed by atoms with van der Waals surface area (Å²) in [6, 6.07) is 20.0. The van der Waals surface area contributed by atoms with Gasteiger partial charge in [0.25, 0.3) is 0 Å². The molecule has 0 amide bonds. The molecule has 0 unspecified atom stereocenters. The Morgan fingerprint density at radius 3 is 1.27 bits per heavy atom. The van der Waals surface area contributed by atoms with Crippen LogP contribution in [0.15, 0.2) is 176 Å². The first-order valence-corrected chi connectivity index (χ1v) is 37.0. The molecule has 14 nitrogen and oxygen atoms in total. The molecule has 11 heterocycles. The molecule has 0 aromatic carbocycles. The summed E-state index contributed by atoms with van der Waals surface area (Å²) in [5.41, 5.74) is 10.9. The van der Waals surface area contributed by atoms with Crippen LogP contribution in [0.3, 0.4) is 0 Å². The van der Waals surface area contributed by atoms with Crippen LogP contribution in [0.5, 0.6) is 0 Å². The van der Waals surface area contributed by atoms with Gasteiger partial charge in [0.2, 0.25) is 0 Å². The van der Waals surface area contributed by atoms with Crippen LogP contribution in [-0.2, 0) is 4.74 Å². The van der Waals surface area contributed by atoms with Crippen molar-refractivity contribution in [1.29, 1.82) is 0 Å². The Hall–Kier alpha value is -6.83. The molecular formula is C77H115N13OS4. The van der Waals surface area contributed by atoms with Crippen molar-refractivity contribution in [2.45, 2.75) is 224 Å². The van der Waals surface area contributed by atoms with E-state index >= 15 is 0 Å². The summed E-state index contributed by atoms with van der Waals surface area (Å²) in [6.07, 6.45) is 29.4. The van der Waals surface area contributed by atoms with E-state index in [1.165, 1.54) is 44.4 Å². The Morgan fingerprint density at radius 1 is 0.368 bits per heavy atom. The van der Waals surface area contributed by atoms with Crippen LogP contribution in [0.2, 0.25) is 0 Å². The molecule has 518 valence electrons. The SMILES string of the molecule is CC(C)C1CCOCC1.CC(C)c1ccccn1.CC(C)c1cccnc1.CC(C)c1ccncc1.CC(C)c1ccncn1.CC(C)c1ccns1.CC(C)c1cnccn1.CC(C)c1cncs1.CC(C)c1cscn1.CC(C)c1ncccn1.CC(C)c1nccs1. The second kappa shape index (κ2) is 53.3. The van der Waals surface area contributed by atoms with Crippen molar-refractivity contribution >= 4 is 45.5 Å². The van der Waals surface area contributed by atoms with Gasteiger partial charge in [-0.2, -0.15) is 0 Å². The molecule has 1 aliphatic rings. The molecule has 0 aliphatic carbocycles. The van der Waals surface area contributed by atoms with E-state index in [0.717, 1.165) is 48.0 Å². The molecule has 18 heteroatoms. The summed E-state index contributed by atoms with van der Waals surface area (Å²) in [5, 5.41) is 5.32. The zero-order valence-electron chi connectivity index (χ0n) is 61.4. The Kier molecular flexibility index (Phi) is 48.4. The van der Waals surface area contributed by atoms with Gasteiger partial charge in [0, 0.05) is 144 Å². The monoisotopic (exact) mass is 1370 g/mol. The number of thiazole rings is 3. The molecule has 0 atom stereocenters. The number of nitrogens with zero attached hydrogens (tertiary/aromatic N) is 13. The van der Waals surface area contributed by atoms with Gasteiger partial charge in [-0.15, -0.1) is 34.0 Å². The number of ether oxygens (including phenoxy) is 1. The first kappa shape index (κ1) is 86.2. The van der Waals surface area contributed by atoms with Crippen LogP contribution in [0.1, 0.15) is 279 Å². The second-order valence-electron chi connectivity index (χ2n) is 25.5. The van der Waals surface area contributed by atoms with Crippen molar-refractivity contribution in [3.63, 3.8) is 0 Å². The van der Waals surface area contributed by atoms with Crippen molar-refractivity contribution in [2.75, 3.05) is 13.2 Å². The second-order valence-corrected chi connectivity index (χ2v) is 29.0. The molecule has 95 heavy (non-hydrogen) atoms. The summed E-state index contributed by atoms with van der Waals surface area (Å²) in [6.45, 7) is 49.4. The van der Waals surface area contributed by atoms with E-state index in [2.05, 4.69) is 234 Å². The fourth-order valence-corrected chi connectivity index (χ4v) is 10.1. The quantitative estimate of drug-likeness (QED) is 0.119. The Bertz CT molecular complexity index is 2680. The van der Waals surface area contributed by atoms with Crippen LogP contribution in [0, 0.1) is 11.8 Å². The average molecular weight is 1370 g/mol. The highest BCUT2D eigenvalue weighted by Crippen LogP contribution is 2.23. The topological polar surface area (TPSA) is 177 Å². The average Bonchev–Trinajstić information content (AvgIpc) is 4.07. The molecule has 0 N–H and O–H groups in total. The fraction of sp³-hybridized carbons (Fsp3) is 0.494. The molecule has 0 spiro atoms. The van der Waals surface area contributed by atoms with Crippen LogP contribution in [-0.4, -0.2) is 77.4 Å². The van der Waals surface area contributed by atoms with Crippen LogP contribution in [0.25, 0.3) is 0 Å². The Morgan fingerprint density at radius 2 is 0.968 bits per heavy atom. The van der Waals surface area contributed by atoms with E-state index in [1.54, 1.807) is 95.2 Å². The van der Waals surface area contributed by atoms with Crippen LogP contribution in [0.4, 0.5) is 0 Å². The van der Waals surface area contributed by atoms with E-state index in [-0.39, 0.29) is 0 Å². The molecule has 10 aromatic heterocycles. The van der Waals surface area contributed by atoms with Gasteiger partial charge in [-0.05, 0) is 143 Å². The lowest BCUT2D eigenvalue weighted by Crippen LogP contribution is -2.19. The van der Waals surface area contributed by atoms with Gasteiger partial charge >= 0.3 is 0 Å². The third-order valence-electron chi connectivity index (χ3n) is 13.7. The van der Waals surface area contributed by atoms with Crippen molar-refractivity contribution in [3.05, 3.63) is 230 Å². The lowest BCUT2D eigenvalue weighted by atomic mass is 9.89. The van der Waals surface area contributed by atoms with Gasteiger partial charge in [-0.1, -0.05) is 164 Å². The predicted octanol–water partition coefficient (Wildman–Crippen LogP) is 22.6. The summed E-state index contributed by atoms with van der Waals surface area (Å²) >= 11 is 6.68. The van der Waals surface area contributed by atoms with E-state index in [1.807, 2.05) is 108 Å². The highest BCUT2D eigenvalue weighted by molar-refractivity contribution is 7.10. The third-order valence-corrected chi connectivity index (χ3v) is 17.5. The minimum Gasteiger partial charge on any atom is -0.381 e. The lowest BCUT2D eigenvalue weighted by Gasteiger charge is -2.24. The van der Waals surface area contributed by atoms with Crippen molar-refractivity contribution in [3.8, 4) is 0 Å². The summed E-state index contributed by atoms with van der Waals surface area (Å²) in [4.78, 5) is 51.2. The molecule has 0 bridgehead atoms. The fourth-order valence-electron chi connectivity index (χ4n) is 7.49. The zero-order chi connectivity index (χ0) is 70.8. The van der Waals surface area contributed by atoms with Crippen molar-refractivity contribution in [1.82, 2.24) is 64.2 Å². The largest absolute Gasteiger partial charge is 0.381 e. The van der Waals surface area contributed by atoms with Gasteiger partial charge in [0.15, 0.2) is 0 Å². The van der Waals surface area contributed by atoms with Gasteiger partial charge in [0.05, 0.1) is 27.4 Å². The van der Waals surface area contributed by atoms with E-state index in [4.69, 9.17) is 4.74 Å². The summed E-state index contributed by atoms with van der Waals surface area (Å²) in [7, 11) is 0.